The van der Waals surface area contributed by atoms with Crippen LogP contribution in [0.3, 0.4) is 0 Å². The zero-order valence-electron chi connectivity index (χ0n) is 26.7. The number of nitrogens with zero attached hydrogens (tertiary/aromatic N) is 2. The second-order valence-corrected chi connectivity index (χ2v) is 15.1. The van der Waals surface area contributed by atoms with Crippen molar-refractivity contribution < 1.29 is 14.4 Å². The van der Waals surface area contributed by atoms with Crippen LogP contribution in [0, 0.1) is 28.6 Å². The van der Waals surface area contributed by atoms with Crippen molar-refractivity contribution in [3.05, 3.63) is 81.9 Å². The first-order valence-electron chi connectivity index (χ1n) is 17.3. The Labute approximate surface area is 262 Å². The molecule has 236 valence electrons. The van der Waals surface area contributed by atoms with Gasteiger partial charge >= 0.3 is 5.63 Å². The molecular weight excluding hydrogens is 548 g/mol. The van der Waals surface area contributed by atoms with Crippen molar-refractivity contribution in [2.24, 2.45) is 33.7 Å². The number of likely N-dealkylation sites (tertiary alicyclic amines) is 1. The maximum absolute atomic E-state index is 12.5. The second kappa shape index (κ2) is 11.9. The minimum Gasteiger partial charge on any atom is -0.431 e. The largest absolute Gasteiger partial charge is 0.431 e. The smallest absolute Gasteiger partial charge is 0.335 e. The predicted octanol–water partition coefficient (Wildman–Crippen LogP) is 7.13. The van der Waals surface area contributed by atoms with Crippen LogP contribution in [0.25, 0.3) is 0 Å². The van der Waals surface area contributed by atoms with Crippen LogP contribution in [0.1, 0.15) is 95.1 Å². The van der Waals surface area contributed by atoms with Gasteiger partial charge in [-0.2, -0.15) is 0 Å². The Morgan fingerprint density at radius 1 is 0.955 bits per heavy atom. The molecule has 2 heterocycles. The first-order valence-corrected chi connectivity index (χ1v) is 17.3. The molecule has 2 aromatic rings. The standard InChI is InChI=1S/C38H50N2O4/c1-36-17-12-31(39-44-23-22-40-20-15-28(16-21-40)24-27-6-4-3-5-7-27)25-30(36)9-10-34-33(36)13-18-37(2)32(14-19-38(34,37)42)29-8-11-35(41)43-26-29/h3-8,11,25-26,28,32-34,42H,9-10,12-24H2,1-2H3/b39-31+/t32-,33?,34?,36+,37-,38+/m1/s1. The van der Waals surface area contributed by atoms with Gasteiger partial charge in [-0.1, -0.05) is 54.9 Å². The van der Waals surface area contributed by atoms with Crippen molar-refractivity contribution in [3.63, 3.8) is 0 Å². The van der Waals surface area contributed by atoms with Crippen molar-refractivity contribution in [2.45, 2.75) is 96.0 Å². The number of piperidine rings is 1. The molecule has 3 saturated carbocycles. The summed E-state index contributed by atoms with van der Waals surface area (Å²) in [5.41, 5.74) is 4.05. The van der Waals surface area contributed by atoms with E-state index < -0.39 is 5.60 Å². The van der Waals surface area contributed by atoms with E-state index in [-0.39, 0.29) is 22.4 Å². The quantitative estimate of drug-likeness (QED) is 0.271. The minimum absolute atomic E-state index is 0.112. The summed E-state index contributed by atoms with van der Waals surface area (Å²) < 4.78 is 5.25. The molecule has 1 aromatic heterocycles. The van der Waals surface area contributed by atoms with E-state index >= 15 is 0 Å². The molecule has 1 saturated heterocycles. The third kappa shape index (κ3) is 5.30. The zero-order chi connectivity index (χ0) is 30.4. The molecule has 44 heavy (non-hydrogen) atoms. The van der Waals surface area contributed by atoms with Gasteiger partial charge in [0.1, 0.15) is 6.61 Å². The van der Waals surface area contributed by atoms with Gasteiger partial charge in [0.25, 0.3) is 0 Å². The third-order valence-electron chi connectivity index (χ3n) is 13.0. The molecule has 7 rings (SSSR count). The highest BCUT2D eigenvalue weighted by atomic mass is 16.6. The van der Waals surface area contributed by atoms with Crippen LogP contribution < -0.4 is 5.63 Å². The number of oxime groups is 1. The summed E-state index contributed by atoms with van der Waals surface area (Å²) in [6.07, 6.45) is 15.7. The van der Waals surface area contributed by atoms with Crippen molar-refractivity contribution >= 4 is 5.71 Å². The van der Waals surface area contributed by atoms with Crippen LogP contribution >= 0.6 is 0 Å². The fraction of sp³-hybridized carbons (Fsp3) is 0.632. The molecule has 0 bridgehead atoms. The van der Waals surface area contributed by atoms with E-state index in [9.17, 15) is 9.90 Å². The topological polar surface area (TPSA) is 75.3 Å². The van der Waals surface area contributed by atoms with Crippen LogP contribution in [0.4, 0.5) is 0 Å². The molecule has 1 N–H and O–H groups in total. The average Bonchev–Trinajstić information content (AvgIpc) is 3.32. The van der Waals surface area contributed by atoms with Crippen LogP contribution in [-0.4, -0.2) is 47.6 Å². The molecule has 2 unspecified atom stereocenters. The first-order chi connectivity index (χ1) is 21.3. The Morgan fingerprint density at radius 3 is 2.55 bits per heavy atom. The molecule has 6 heteroatoms. The highest BCUT2D eigenvalue weighted by molar-refractivity contribution is 5.96. The Kier molecular flexibility index (Phi) is 8.11. The fourth-order valence-electron chi connectivity index (χ4n) is 10.4. The SMILES string of the molecule is C[C@]12CC/C(=N\OCCN3CCC(Cc4ccccc4)CC3)C=C1CCC1C2CC[C@]2(C)[C@@H](c3ccc(=O)oc3)CC[C@]12O. The van der Waals surface area contributed by atoms with E-state index in [0.717, 1.165) is 88.2 Å². The summed E-state index contributed by atoms with van der Waals surface area (Å²) in [4.78, 5) is 20.0. The molecule has 0 amide bonds. The van der Waals surface area contributed by atoms with Gasteiger partial charge in [0, 0.05) is 18.0 Å². The van der Waals surface area contributed by atoms with Crippen LogP contribution in [0.5, 0.6) is 0 Å². The average molecular weight is 599 g/mol. The number of allylic oxidation sites excluding steroid dienone is 2. The van der Waals surface area contributed by atoms with Gasteiger partial charge < -0.3 is 14.4 Å². The van der Waals surface area contributed by atoms with E-state index in [1.807, 2.05) is 6.07 Å². The third-order valence-corrected chi connectivity index (χ3v) is 13.0. The summed E-state index contributed by atoms with van der Waals surface area (Å²) in [5.74, 6) is 1.80. The van der Waals surface area contributed by atoms with Crippen molar-refractivity contribution in [3.8, 4) is 0 Å². The van der Waals surface area contributed by atoms with Gasteiger partial charge in [-0.15, -0.1) is 0 Å². The van der Waals surface area contributed by atoms with Crippen molar-refractivity contribution in [2.75, 3.05) is 26.2 Å². The predicted molar refractivity (Wildman–Crippen MR) is 174 cm³/mol. The van der Waals surface area contributed by atoms with Crippen LogP contribution in [-0.2, 0) is 11.3 Å². The normalized spacial score (nSPS) is 36.8. The summed E-state index contributed by atoms with van der Waals surface area (Å²) in [6, 6.07) is 14.3. The lowest BCUT2D eigenvalue weighted by atomic mass is 9.45. The van der Waals surface area contributed by atoms with E-state index in [0.29, 0.717) is 18.4 Å². The first kappa shape index (κ1) is 30.0. The lowest BCUT2D eigenvalue weighted by molar-refractivity contribution is -0.176. The highest BCUT2D eigenvalue weighted by Gasteiger charge is 2.66. The minimum atomic E-state index is -0.682. The maximum atomic E-state index is 12.5. The molecule has 6 nitrogen and oxygen atoms in total. The molecule has 0 spiro atoms. The monoisotopic (exact) mass is 598 g/mol. The molecule has 6 atom stereocenters. The highest BCUT2D eigenvalue weighted by Crippen LogP contribution is 2.70. The maximum Gasteiger partial charge on any atom is 0.335 e. The fourth-order valence-corrected chi connectivity index (χ4v) is 10.4. The molecule has 4 aliphatic carbocycles. The van der Waals surface area contributed by atoms with E-state index in [2.05, 4.69) is 60.3 Å². The molecular formula is C38H50N2O4. The molecule has 1 aromatic carbocycles. The Morgan fingerprint density at radius 2 is 1.77 bits per heavy atom. The van der Waals surface area contributed by atoms with E-state index in [1.54, 1.807) is 6.26 Å². The van der Waals surface area contributed by atoms with Gasteiger partial charge in [-0.05, 0) is 136 Å². The Balaban J connectivity index is 0.941. The molecule has 5 aliphatic rings. The van der Waals surface area contributed by atoms with E-state index in [4.69, 9.17) is 9.25 Å². The van der Waals surface area contributed by atoms with Gasteiger partial charge in [0.15, 0.2) is 0 Å². The molecule has 0 radical (unpaired) electrons. The van der Waals surface area contributed by atoms with Gasteiger partial charge in [0.2, 0.25) is 0 Å². The lowest BCUT2D eigenvalue weighted by Gasteiger charge is -2.61. The Hall–Kier alpha value is -2.70. The number of hydrogen-bond donors (Lipinski definition) is 1. The van der Waals surface area contributed by atoms with Crippen molar-refractivity contribution in [1.82, 2.24) is 4.90 Å². The summed E-state index contributed by atoms with van der Waals surface area (Å²) in [7, 11) is 0. The van der Waals surface area contributed by atoms with Crippen LogP contribution in [0.15, 0.2) is 74.7 Å². The van der Waals surface area contributed by atoms with Crippen molar-refractivity contribution in [1.29, 1.82) is 0 Å². The molecule has 4 fully saturated rings. The zero-order valence-corrected chi connectivity index (χ0v) is 26.7. The summed E-state index contributed by atoms with van der Waals surface area (Å²) >= 11 is 0. The number of fused-ring (bicyclic) bond motifs is 5. The molecule has 1 aliphatic heterocycles. The second-order valence-electron chi connectivity index (χ2n) is 15.1. The Bertz CT molecular complexity index is 1420. The van der Waals surface area contributed by atoms with Gasteiger partial charge in [0.05, 0.1) is 17.6 Å². The van der Waals surface area contributed by atoms with Gasteiger partial charge in [-0.3, -0.25) is 4.90 Å². The van der Waals surface area contributed by atoms with Gasteiger partial charge in [-0.25, -0.2) is 4.79 Å². The number of aliphatic hydroxyl groups is 1. The summed E-state index contributed by atoms with van der Waals surface area (Å²) in [6.45, 7) is 8.65. The number of benzene rings is 1. The number of rotatable bonds is 7. The van der Waals surface area contributed by atoms with Crippen LogP contribution in [0.2, 0.25) is 0 Å². The van der Waals surface area contributed by atoms with E-state index in [1.165, 1.54) is 36.5 Å². The summed E-state index contributed by atoms with van der Waals surface area (Å²) in [5, 5.41) is 17.1. The number of hydrogen-bond acceptors (Lipinski definition) is 6. The lowest BCUT2D eigenvalue weighted by Crippen LogP contribution is -2.60.